The summed E-state index contributed by atoms with van der Waals surface area (Å²) in [6, 6.07) is 0.126. The van der Waals surface area contributed by atoms with E-state index in [9.17, 15) is 5.11 Å². The second-order valence-electron chi connectivity index (χ2n) is 5.49. The highest BCUT2D eigenvalue weighted by Gasteiger charge is 2.33. The molecule has 20 heavy (non-hydrogen) atoms. The number of rotatable bonds is 4. The van der Waals surface area contributed by atoms with Gasteiger partial charge in [0.05, 0.1) is 6.04 Å². The Balaban J connectivity index is 1.81. The fourth-order valence-corrected chi connectivity index (χ4v) is 3.09. The molecule has 2 atom stereocenters. The lowest BCUT2D eigenvalue weighted by Gasteiger charge is -2.32. The topological polar surface area (TPSA) is 41.9 Å². The number of aliphatic hydroxyl groups excluding tert-OH is 1. The van der Waals surface area contributed by atoms with Crippen LogP contribution in [0.2, 0.25) is 0 Å². The largest absolute Gasteiger partial charge is 0.466 e. The summed E-state index contributed by atoms with van der Waals surface area (Å²) in [5.41, 5.74) is 1.36. The van der Waals surface area contributed by atoms with Gasteiger partial charge in [0.1, 0.15) is 18.8 Å². The minimum atomic E-state index is 0.126. The first-order valence-corrected chi connectivity index (χ1v) is 7.26. The molecule has 2 aliphatic heterocycles. The van der Waals surface area contributed by atoms with E-state index >= 15 is 0 Å². The molecule has 3 aliphatic rings. The maximum absolute atomic E-state index is 9.35. The van der Waals surface area contributed by atoms with Crippen LogP contribution in [0.3, 0.4) is 0 Å². The van der Waals surface area contributed by atoms with Gasteiger partial charge in [0, 0.05) is 13.2 Å². The lowest BCUT2D eigenvalue weighted by molar-refractivity contribution is 0.168. The number of allylic oxidation sites excluding steroid dienone is 3. The summed E-state index contributed by atoms with van der Waals surface area (Å²) < 4.78 is 10.9. The second kappa shape index (κ2) is 6.29. The van der Waals surface area contributed by atoms with Crippen LogP contribution in [0.4, 0.5) is 0 Å². The Kier molecular flexibility index (Phi) is 4.23. The normalized spacial score (nSPS) is 27.6. The van der Waals surface area contributed by atoms with E-state index < -0.39 is 0 Å². The Bertz CT molecular complexity index is 464. The third-order valence-electron chi connectivity index (χ3n) is 4.13. The molecule has 0 saturated carbocycles. The first kappa shape index (κ1) is 13.5. The summed E-state index contributed by atoms with van der Waals surface area (Å²) in [5, 5.41) is 9.35. The average Bonchev–Trinajstić information content (AvgIpc) is 2.98. The van der Waals surface area contributed by atoms with Gasteiger partial charge in [0.15, 0.2) is 5.76 Å². The van der Waals surface area contributed by atoms with Gasteiger partial charge < -0.3 is 14.6 Å². The molecule has 0 aromatic rings. The molecule has 0 aromatic carbocycles. The summed E-state index contributed by atoms with van der Waals surface area (Å²) in [6.07, 6.45) is 14.5. The predicted octanol–water partition coefficient (Wildman–Crippen LogP) is 2.31. The summed E-state index contributed by atoms with van der Waals surface area (Å²) in [4.78, 5) is 2.39. The van der Waals surface area contributed by atoms with Crippen molar-refractivity contribution in [2.45, 2.75) is 25.3 Å². The smallest absolute Gasteiger partial charge is 0.160 e. The fourth-order valence-electron chi connectivity index (χ4n) is 3.09. The van der Waals surface area contributed by atoms with E-state index in [1.807, 2.05) is 0 Å². The Hall–Kier alpha value is -1.52. The van der Waals surface area contributed by atoms with Crippen molar-refractivity contribution in [1.29, 1.82) is 0 Å². The van der Waals surface area contributed by atoms with E-state index in [4.69, 9.17) is 9.47 Å². The van der Waals surface area contributed by atoms with Crippen LogP contribution in [0.25, 0.3) is 0 Å². The molecule has 1 fully saturated rings. The number of hydrogen-bond donors (Lipinski definition) is 1. The third kappa shape index (κ3) is 2.81. The molecule has 2 unspecified atom stereocenters. The molecule has 0 bridgehead atoms. The lowest BCUT2D eigenvalue weighted by Crippen LogP contribution is -2.38. The van der Waals surface area contributed by atoms with Gasteiger partial charge in [-0.25, -0.2) is 0 Å². The molecule has 4 nitrogen and oxygen atoms in total. The molecule has 1 saturated heterocycles. The molecule has 1 N–H and O–H groups in total. The zero-order chi connectivity index (χ0) is 13.8. The Morgan fingerprint density at radius 3 is 3.00 bits per heavy atom. The minimum absolute atomic E-state index is 0.126. The van der Waals surface area contributed by atoms with Gasteiger partial charge in [0.25, 0.3) is 0 Å². The van der Waals surface area contributed by atoms with Crippen LogP contribution in [-0.2, 0) is 9.47 Å². The van der Waals surface area contributed by atoms with Crippen LogP contribution in [0.1, 0.15) is 19.3 Å². The van der Waals surface area contributed by atoms with Gasteiger partial charge >= 0.3 is 0 Å². The first-order valence-electron chi connectivity index (χ1n) is 7.26. The fraction of sp³-hybridized carbons (Fsp3) is 0.500. The number of hydrogen-bond acceptors (Lipinski definition) is 4. The van der Waals surface area contributed by atoms with Crippen LogP contribution in [0.5, 0.6) is 0 Å². The summed E-state index contributed by atoms with van der Waals surface area (Å²) in [6.45, 7) is 2.16. The maximum Gasteiger partial charge on any atom is 0.160 e. The number of likely N-dealkylation sites (tertiary alicyclic amines) is 1. The predicted molar refractivity (Wildman–Crippen MR) is 76.4 cm³/mol. The van der Waals surface area contributed by atoms with Crippen molar-refractivity contribution in [2.75, 3.05) is 19.7 Å². The van der Waals surface area contributed by atoms with Crippen molar-refractivity contribution in [3.8, 4) is 0 Å². The average molecular weight is 275 g/mol. The van der Waals surface area contributed by atoms with E-state index in [1.54, 1.807) is 12.5 Å². The molecule has 108 valence electrons. The Morgan fingerprint density at radius 2 is 2.35 bits per heavy atom. The molecular formula is C16H21NO3. The van der Waals surface area contributed by atoms with Crippen LogP contribution in [-0.4, -0.2) is 35.7 Å². The van der Waals surface area contributed by atoms with E-state index in [0.29, 0.717) is 5.92 Å². The van der Waals surface area contributed by atoms with Crippen molar-refractivity contribution >= 4 is 0 Å². The van der Waals surface area contributed by atoms with Crippen LogP contribution in [0, 0.1) is 5.92 Å². The second-order valence-corrected chi connectivity index (χ2v) is 5.49. The quantitative estimate of drug-likeness (QED) is 0.855. The standard InChI is InChI=1S/C16H21NO3/c18-11-13-6-7-17(10-13)16(14-4-2-1-3-5-14)15-12-19-8-9-20-15/h1-2,4,8-9,12-13,16,18H,3,5-7,10-11H2. The molecule has 0 radical (unpaired) electrons. The van der Waals surface area contributed by atoms with Gasteiger partial charge in [-0.15, -0.1) is 0 Å². The van der Waals surface area contributed by atoms with Gasteiger partial charge in [-0.2, -0.15) is 0 Å². The summed E-state index contributed by atoms with van der Waals surface area (Å²) in [5.74, 6) is 1.21. The SMILES string of the molecule is OCC1CCN(C(C2=CC=CCC2)C2=COC=CO2)C1. The highest BCUT2D eigenvalue weighted by atomic mass is 16.5. The summed E-state index contributed by atoms with van der Waals surface area (Å²) in [7, 11) is 0. The first-order chi connectivity index (χ1) is 9.88. The monoisotopic (exact) mass is 275 g/mol. The molecule has 4 heteroatoms. The van der Waals surface area contributed by atoms with Gasteiger partial charge in [-0.1, -0.05) is 18.2 Å². The van der Waals surface area contributed by atoms with E-state index in [2.05, 4.69) is 23.1 Å². The number of ether oxygens (including phenoxy) is 2. The maximum atomic E-state index is 9.35. The lowest BCUT2D eigenvalue weighted by atomic mass is 9.95. The zero-order valence-corrected chi connectivity index (χ0v) is 11.6. The van der Waals surface area contributed by atoms with Crippen LogP contribution < -0.4 is 0 Å². The van der Waals surface area contributed by atoms with Crippen molar-refractivity contribution < 1.29 is 14.6 Å². The van der Waals surface area contributed by atoms with Crippen molar-refractivity contribution in [2.24, 2.45) is 5.92 Å². The van der Waals surface area contributed by atoms with Gasteiger partial charge in [-0.3, -0.25) is 4.90 Å². The molecule has 0 aromatic heterocycles. The molecule has 0 amide bonds. The van der Waals surface area contributed by atoms with Gasteiger partial charge in [-0.05, 0) is 37.3 Å². The van der Waals surface area contributed by atoms with Crippen molar-refractivity contribution in [3.05, 3.63) is 48.3 Å². The van der Waals surface area contributed by atoms with Crippen molar-refractivity contribution in [3.63, 3.8) is 0 Å². The van der Waals surface area contributed by atoms with Crippen molar-refractivity contribution in [1.82, 2.24) is 4.90 Å². The molecule has 2 heterocycles. The van der Waals surface area contributed by atoms with Crippen LogP contribution in [0.15, 0.2) is 48.3 Å². The number of nitrogens with zero attached hydrogens (tertiary/aromatic N) is 1. The Labute approximate surface area is 119 Å². The van der Waals surface area contributed by atoms with E-state index in [0.717, 1.165) is 38.1 Å². The zero-order valence-electron chi connectivity index (χ0n) is 11.6. The summed E-state index contributed by atoms with van der Waals surface area (Å²) >= 11 is 0. The Morgan fingerprint density at radius 1 is 1.40 bits per heavy atom. The highest BCUT2D eigenvalue weighted by molar-refractivity contribution is 5.30. The van der Waals surface area contributed by atoms with Gasteiger partial charge in [0.2, 0.25) is 0 Å². The van der Waals surface area contributed by atoms with E-state index in [1.165, 1.54) is 11.8 Å². The minimum Gasteiger partial charge on any atom is -0.466 e. The highest BCUT2D eigenvalue weighted by Crippen LogP contribution is 2.31. The third-order valence-corrected chi connectivity index (χ3v) is 4.13. The molecule has 0 spiro atoms. The van der Waals surface area contributed by atoms with E-state index in [-0.39, 0.29) is 12.6 Å². The molecular weight excluding hydrogens is 254 g/mol. The molecule has 1 aliphatic carbocycles. The number of aliphatic hydroxyl groups is 1. The molecule has 3 rings (SSSR count). The van der Waals surface area contributed by atoms with Crippen LogP contribution >= 0.6 is 0 Å².